The van der Waals surface area contributed by atoms with Crippen LogP contribution in [-0.2, 0) is 6.42 Å². The Morgan fingerprint density at radius 3 is 2.67 bits per heavy atom. The lowest BCUT2D eigenvalue weighted by atomic mass is 10.00. The number of rotatable bonds is 1. The van der Waals surface area contributed by atoms with Crippen LogP contribution >= 0.6 is 11.6 Å². The van der Waals surface area contributed by atoms with Crippen LogP contribution in [0.15, 0.2) is 47.6 Å². The lowest BCUT2D eigenvalue weighted by Crippen LogP contribution is -2.43. The van der Waals surface area contributed by atoms with Gasteiger partial charge in [0.05, 0.1) is 12.3 Å². The number of hydrazone groups is 1. The molecule has 0 N–H and O–H groups in total. The molecule has 124 valence electrons. The lowest BCUT2D eigenvalue weighted by molar-refractivity contribution is 0.190. The molecular weight excluding hydrogens is 322 g/mol. The van der Waals surface area contributed by atoms with Crippen molar-refractivity contribution < 1.29 is 4.79 Å². The van der Waals surface area contributed by atoms with Crippen molar-refractivity contribution in [3.63, 3.8) is 0 Å². The van der Waals surface area contributed by atoms with Gasteiger partial charge in [-0.05, 0) is 55.7 Å². The largest absolute Gasteiger partial charge is 0.344 e. The Morgan fingerprint density at radius 1 is 1.25 bits per heavy atom. The first-order valence-electron chi connectivity index (χ1n) is 7.91. The van der Waals surface area contributed by atoms with Crippen LogP contribution in [0.3, 0.4) is 0 Å². The van der Waals surface area contributed by atoms with Gasteiger partial charge in [-0.15, -0.1) is 0 Å². The molecule has 1 unspecified atom stereocenters. The van der Waals surface area contributed by atoms with Crippen molar-refractivity contribution in [1.29, 1.82) is 0 Å². The fourth-order valence-corrected chi connectivity index (χ4v) is 2.96. The van der Waals surface area contributed by atoms with Gasteiger partial charge in [0.2, 0.25) is 0 Å². The fraction of sp³-hybridized carbons (Fsp3) is 0.263. The molecule has 1 aliphatic heterocycles. The number of anilines is 1. The SMILES string of the molecule is Cc1ccc2c(c1)C=NN(C(=O)N(C)c1ccc(Cl)cc1)C(C)C2. The molecule has 0 aromatic heterocycles. The maximum Gasteiger partial charge on any atom is 0.344 e. The molecule has 0 saturated carbocycles. The summed E-state index contributed by atoms with van der Waals surface area (Å²) in [7, 11) is 1.75. The summed E-state index contributed by atoms with van der Waals surface area (Å²) in [5.74, 6) is 0. The molecule has 3 rings (SSSR count). The van der Waals surface area contributed by atoms with Crippen molar-refractivity contribution in [2.45, 2.75) is 26.3 Å². The summed E-state index contributed by atoms with van der Waals surface area (Å²) in [5, 5.41) is 6.63. The van der Waals surface area contributed by atoms with Crippen molar-refractivity contribution >= 4 is 29.5 Å². The van der Waals surface area contributed by atoms with Crippen molar-refractivity contribution in [3.8, 4) is 0 Å². The van der Waals surface area contributed by atoms with Crippen molar-refractivity contribution in [2.24, 2.45) is 5.10 Å². The molecule has 24 heavy (non-hydrogen) atoms. The van der Waals surface area contributed by atoms with Gasteiger partial charge < -0.3 is 0 Å². The van der Waals surface area contributed by atoms with E-state index in [1.807, 2.05) is 19.1 Å². The summed E-state index contributed by atoms with van der Waals surface area (Å²) < 4.78 is 0. The van der Waals surface area contributed by atoms with Crippen LogP contribution < -0.4 is 4.90 Å². The first kappa shape index (κ1) is 16.5. The molecule has 0 fully saturated rings. The minimum atomic E-state index is -0.161. The molecule has 2 amide bonds. The van der Waals surface area contributed by atoms with Gasteiger partial charge in [-0.1, -0.05) is 35.4 Å². The highest BCUT2D eigenvalue weighted by molar-refractivity contribution is 6.30. The Labute approximate surface area is 147 Å². The number of urea groups is 1. The molecule has 0 bridgehead atoms. The Hall–Kier alpha value is -2.33. The van der Waals surface area contributed by atoms with Gasteiger partial charge in [-0.2, -0.15) is 5.10 Å². The van der Waals surface area contributed by atoms with Crippen LogP contribution in [0.25, 0.3) is 0 Å². The van der Waals surface area contributed by atoms with E-state index in [1.165, 1.54) is 11.1 Å². The van der Waals surface area contributed by atoms with E-state index in [-0.39, 0.29) is 12.1 Å². The standard InChI is InChI=1S/C19H20ClN3O/c1-13-4-5-15-11-14(2)23(21-12-16(15)10-13)19(24)22(3)18-8-6-17(20)7-9-18/h4-10,12,14H,11H2,1-3H3. The number of amides is 2. The van der Waals surface area contributed by atoms with E-state index < -0.39 is 0 Å². The molecule has 1 heterocycles. The molecule has 2 aromatic carbocycles. The van der Waals surface area contributed by atoms with Crippen LogP contribution in [0, 0.1) is 6.92 Å². The van der Waals surface area contributed by atoms with Gasteiger partial charge in [-0.25, -0.2) is 9.80 Å². The van der Waals surface area contributed by atoms with Crippen LogP contribution in [0.1, 0.15) is 23.6 Å². The number of carbonyl (C=O) groups excluding carboxylic acids is 1. The third kappa shape index (κ3) is 3.29. The van der Waals surface area contributed by atoms with E-state index in [4.69, 9.17) is 11.6 Å². The third-order valence-corrected chi connectivity index (χ3v) is 4.50. The Kier molecular flexibility index (Phi) is 4.58. The van der Waals surface area contributed by atoms with Crippen molar-refractivity contribution in [2.75, 3.05) is 11.9 Å². The summed E-state index contributed by atoms with van der Waals surface area (Å²) in [4.78, 5) is 14.5. The lowest BCUT2D eigenvalue weighted by Gasteiger charge is -2.28. The Bertz CT molecular complexity index is 786. The molecule has 5 heteroatoms. The molecule has 2 aromatic rings. The highest BCUT2D eigenvalue weighted by atomic mass is 35.5. The third-order valence-electron chi connectivity index (χ3n) is 4.25. The molecule has 0 saturated heterocycles. The molecule has 1 atom stereocenters. The monoisotopic (exact) mass is 341 g/mol. The maximum atomic E-state index is 12.9. The maximum absolute atomic E-state index is 12.9. The van der Waals surface area contributed by atoms with Gasteiger partial charge in [-0.3, -0.25) is 4.90 Å². The van der Waals surface area contributed by atoms with E-state index in [9.17, 15) is 4.79 Å². The average molecular weight is 342 g/mol. The average Bonchev–Trinajstić information content (AvgIpc) is 2.72. The predicted molar refractivity (Wildman–Crippen MR) is 99.0 cm³/mol. The molecule has 0 aliphatic carbocycles. The minimum Gasteiger partial charge on any atom is -0.296 e. The highest BCUT2D eigenvalue weighted by Crippen LogP contribution is 2.22. The number of nitrogens with zero attached hydrogens (tertiary/aromatic N) is 3. The zero-order valence-electron chi connectivity index (χ0n) is 14.0. The van der Waals surface area contributed by atoms with Crippen molar-refractivity contribution in [1.82, 2.24) is 5.01 Å². The summed E-state index contributed by atoms with van der Waals surface area (Å²) in [5.41, 5.74) is 4.25. The van der Waals surface area contributed by atoms with Gasteiger partial charge in [0.15, 0.2) is 0 Å². The number of carbonyl (C=O) groups is 1. The van der Waals surface area contributed by atoms with Crippen molar-refractivity contribution in [3.05, 3.63) is 64.2 Å². The Balaban J connectivity index is 1.85. The second-order valence-electron chi connectivity index (χ2n) is 6.16. The van der Waals surface area contributed by atoms with E-state index in [1.54, 1.807) is 35.3 Å². The molecule has 4 nitrogen and oxygen atoms in total. The minimum absolute atomic E-state index is 0.0209. The Morgan fingerprint density at radius 2 is 1.96 bits per heavy atom. The topological polar surface area (TPSA) is 35.9 Å². The van der Waals surface area contributed by atoms with E-state index in [0.29, 0.717) is 5.02 Å². The van der Waals surface area contributed by atoms with E-state index in [2.05, 4.69) is 30.2 Å². The van der Waals surface area contributed by atoms with Crippen LogP contribution in [0.5, 0.6) is 0 Å². The number of fused-ring (bicyclic) bond motifs is 1. The number of hydrogen-bond acceptors (Lipinski definition) is 2. The van der Waals surface area contributed by atoms with Gasteiger partial charge >= 0.3 is 6.03 Å². The molecule has 0 spiro atoms. The highest BCUT2D eigenvalue weighted by Gasteiger charge is 2.26. The fourth-order valence-electron chi connectivity index (χ4n) is 2.83. The number of halogens is 1. The van der Waals surface area contributed by atoms with Crippen LogP contribution in [0.4, 0.5) is 10.5 Å². The second-order valence-corrected chi connectivity index (χ2v) is 6.60. The normalized spacial score (nSPS) is 16.5. The molecular formula is C19H20ClN3O. The summed E-state index contributed by atoms with van der Waals surface area (Å²) in [6.07, 6.45) is 2.55. The van der Waals surface area contributed by atoms with E-state index >= 15 is 0 Å². The smallest absolute Gasteiger partial charge is 0.296 e. The number of aryl methyl sites for hydroxylation is 1. The second kappa shape index (κ2) is 6.65. The number of hydrogen-bond donors (Lipinski definition) is 0. The van der Waals surface area contributed by atoms with E-state index in [0.717, 1.165) is 17.7 Å². The van der Waals surface area contributed by atoms with Gasteiger partial charge in [0, 0.05) is 17.8 Å². The summed E-state index contributed by atoms with van der Waals surface area (Å²) in [6.45, 7) is 4.07. The first-order chi connectivity index (χ1) is 11.5. The summed E-state index contributed by atoms with van der Waals surface area (Å²) in [6, 6.07) is 13.3. The zero-order valence-corrected chi connectivity index (χ0v) is 14.8. The number of benzene rings is 2. The zero-order chi connectivity index (χ0) is 17.3. The first-order valence-corrected chi connectivity index (χ1v) is 8.29. The predicted octanol–water partition coefficient (Wildman–Crippen LogP) is 4.49. The molecule has 1 aliphatic rings. The van der Waals surface area contributed by atoms with Gasteiger partial charge in [0.1, 0.15) is 0 Å². The summed E-state index contributed by atoms with van der Waals surface area (Å²) >= 11 is 5.92. The van der Waals surface area contributed by atoms with Crippen LogP contribution in [0.2, 0.25) is 5.02 Å². The quantitative estimate of drug-likeness (QED) is 0.753. The van der Waals surface area contributed by atoms with Gasteiger partial charge in [0.25, 0.3) is 0 Å². The molecule has 0 radical (unpaired) electrons. The van der Waals surface area contributed by atoms with Crippen LogP contribution in [-0.4, -0.2) is 30.3 Å².